The van der Waals surface area contributed by atoms with Gasteiger partial charge in [-0.25, -0.2) is 4.98 Å². The molecule has 20 heavy (non-hydrogen) atoms. The van der Waals surface area contributed by atoms with Gasteiger partial charge in [-0.1, -0.05) is 0 Å². The lowest BCUT2D eigenvalue weighted by Crippen LogP contribution is -2.39. The Hall–Kier alpha value is -1.37. The van der Waals surface area contributed by atoms with Crippen molar-refractivity contribution in [2.75, 3.05) is 44.6 Å². The van der Waals surface area contributed by atoms with Gasteiger partial charge in [0.2, 0.25) is 0 Å². The topological polar surface area (TPSA) is 60.6 Å². The van der Waals surface area contributed by atoms with Crippen molar-refractivity contribution in [3.8, 4) is 0 Å². The molecule has 0 aliphatic carbocycles. The molecule has 0 fully saturated rings. The molecule has 0 radical (unpaired) electrons. The molecule has 1 unspecified atom stereocenters. The first kappa shape index (κ1) is 15.0. The quantitative estimate of drug-likeness (QED) is 0.795. The SMILES string of the molecule is COCCN(c1ccc2scnc2c1N)C(C)COC. The fraction of sp³-hybridized carbons (Fsp3) is 0.500. The summed E-state index contributed by atoms with van der Waals surface area (Å²) in [5, 5.41) is 0. The molecule has 110 valence electrons. The highest BCUT2D eigenvalue weighted by Crippen LogP contribution is 2.33. The second-order valence-corrected chi connectivity index (χ2v) is 5.57. The van der Waals surface area contributed by atoms with Gasteiger partial charge in [0, 0.05) is 26.8 Å². The van der Waals surface area contributed by atoms with E-state index in [1.807, 2.05) is 5.51 Å². The van der Waals surface area contributed by atoms with Crippen molar-refractivity contribution in [2.45, 2.75) is 13.0 Å². The number of aromatic nitrogens is 1. The van der Waals surface area contributed by atoms with E-state index in [0.717, 1.165) is 28.1 Å². The molecule has 1 atom stereocenters. The van der Waals surface area contributed by atoms with Gasteiger partial charge in [-0.3, -0.25) is 0 Å². The monoisotopic (exact) mass is 295 g/mol. The highest BCUT2D eigenvalue weighted by molar-refractivity contribution is 7.16. The first-order valence-electron chi connectivity index (χ1n) is 6.55. The van der Waals surface area contributed by atoms with E-state index in [1.54, 1.807) is 25.6 Å². The van der Waals surface area contributed by atoms with Crippen molar-refractivity contribution in [1.82, 2.24) is 4.98 Å². The molecule has 5 nitrogen and oxygen atoms in total. The van der Waals surface area contributed by atoms with E-state index >= 15 is 0 Å². The first-order valence-corrected chi connectivity index (χ1v) is 7.43. The third-order valence-electron chi connectivity index (χ3n) is 3.30. The fourth-order valence-corrected chi connectivity index (χ4v) is 2.98. The maximum Gasteiger partial charge on any atom is 0.106 e. The Labute approximate surface area is 123 Å². The van der Waals surface area contributed by atoms with E-state index in [4.69, 9.17) is 15.2 Å². The number of nitrogens with two attached hydrogens (primary N) is 1. The van der Waals surface area contributed by atoms with Crippen LogP contribution in [0.5, 0.6) is 0 Å². The summed E-state index contributed by atoms with van der Waals surface area (Å²) in [7, 11) is 3.41. The summed E-state index contributed by atoms with van der Waals surface area (Å²) in [6.07, 6.45) is 0. The van der Waals surface area contributed by atoms with Crippen LogP contribution in [0.25, 0.3) is 10.2 Å². The molecule has 6 heteroatoms. The predicted molar refractivity (Wildman–Crippen MR) is 84.6 cm³/mol. The Morgan fingerprint density at radius 1 is 1.35 bits per heavy atom. The molecule has 0 aliphatic heterocycles. The Morgan fingerprint density at radius 3 is 2.85 bits per heavy atom. The number of ether oxygens (including phenoxy) is 2. The molecular formula is C14H21N3O2S. The molecule has 1 heterocycles. The third-order valence-corrected chi connectivity index (χ3v) is 4.10. The van der Waals surface area contributed by atoms with Crippen LogP contribution in [0.1, 0.15) is 6.92 Å². The summed E-state index contributed by atoms with van der Waals surface area (Å²) >= 11 is 1.60. The van der Waals surface area contributed by atoms with Gasteiger partial charge in [0.25, 0.3) is 0 Å². The van der Waals surface area contributed by atoms with Crippen LogP contribution < -0.4 is 10.6 Å². The maximum absolute atomic E-state index is 6.29. The minimum absolute atomic E-state index is 0.216. The molecule has 0 saturated heterocycles. The first-order chi connectivity index (χ1) is 9.69. The summed E-state index contributed by atoms with van der Waals surface area (Å²) < 4.78 is 11.6. The van der Waals surface area contributed by atoms with Crippen LogP contribution in [-0.4, -0.2) is 45.0 Å². The van der Waals surface area contributed by atoms with Crippen molar-refractivity contribution in [2.24, 2.45) is 0 Å². The second-order valence-electron chi connectivity index (χ2n) is 4.69. The smallest absolute Gasteiger partial charge is 0.106 e. The Morgan fingerprint density at radius 2 is 2.15 bits per heavy atom. The molecule has 2 N–H and O–H groups in total. The maximum atomic E-state index is 6.29. The molecule has 1 aromatic heterocycles. The zero-order valence-corrected chi connectivity index (χ0v) is 12.9. The number of nitrogens with zero attached hydrogens (tertiary/aromatic N) is 2. The van der Waals surface area contributed by atoms with Gasteiger partial charge in [0.1, 0.15) is 5.52 Å². The Bertz CT molecular complexity index is 558. The van der Waals surface area contributed by atoms with E-state index in [1.165, 1.54) is 0 Å². The van der Waals surface area contributed by atoms with E-state index in [9.17, 15) is 0 Å². The van der Waals surface area contributed by atoms with E-state index in [0.29, 0.717) is 13.2 Å². The number of thiazole rings is 1. The number of hydrogen-bond donors (Lipinski definition) is 1. The predicted octanol–water partition coefficient (Wildman–Crippen LogP) is 2.37. The number of fused-ring (bicyclic) bond motifs is 1. The zero-order valence-electron chi connectivity index (χ0n) is 12.1. The summed E-state index contributed by atoms with van der Waals surface area (Å²) in [5.74, 6) is 0. The molecule has 0 saturated carbocycles. The van der Waals surface area contributed by atoms with Gasteiger partial charge in [-0.05, 0) is 19.1 Å². The van der Waals surface area contributed by atoms with Crippen molar-refractivity contribution >= 4 is 32.9 Å². The molecule has 2 aromatic rings. The van der Waals surface area contributed by atoms with Crippen LogP contribution in [0.3, 0.4) is 0 Å². The van der Waals surface area contributed by atoms with Crippen molar-refractivity contribution in [1.29, 1.82) is 0 Å². The van der Waals surface area contributed by atoms with Gasteiger partial charge in [0.05, 0.1) is 34.8 Å². The number of hydrogen-bond acceptors (Lipinski definition) is 6. The van der Waals surface area contributed by atoms with E-state index in [-0.39, 0.29) is 6.04 Å². The lowest BCUT2D eigenvalue weighted by Gasteiger charge is -2.31. The number of nitrogen functional groups attached to an aromatic ring is 1. The summed E-state index contributed by atoms with van der Waals surface area (Å²) in [6.45, 7) is 4.16. The number of rotatable bonds is 7. The standard InChI is InChI=1S/C14H21N3O2S/c1-10(8-19-3)17(6-7-18-2)11-4-5-12-14(13(11)15)16-9-20-12/h4-5,9-10H,6-8,15H2,1-3H3. The van der Waals surface area contributed by atoms with Crippen molar-refractivity contribution < 1.29 is 9.47 Å². The fourth-order valence-electron chi connectivity index (χ4n) is 2.29. The average molecular weight is 295 g/mol. The van der Waals surface area contributed by atoms with Crippen LogP contribution in [0, 0.1) is 0 Å². The lowest BCUT2D eigenvalue weighted by atomic mass is 10.2. The van der Waals surface area contributed by atoms with Gasteiger partial charge >= 0.3 is 0 Å². The highest BCUT2D eigenvalue weighted by Gasteiger charge is 2.18. The Kier molecular flexibility index (Phi) is 5.17. The minimum atomic E-state index is 0.216. The van der Waals surface area contributed by atoms with Crippen LogP contribution in [-0.2, 0) is 9.47 Å². The van der Waals surface area contributed by atoms with Crippen LogP contribution in [0.2, 0.25) is 0 Å². The van der Waals surface area contributed by atoms with Crippen LogP contribution in [0.15, 0.2) is 17.6 Å². The lowest BCUT2D eigenvalue weighted by molar-refractivity contribution is 0.171. The van der Waals surface area contributed by atoms with Crippen molar-refractivity contribution in [3.05, 3.63) is 17.6 Å². The normalized spacial score (nSPS) is 12.8. The summed E-state index contributed by atoms with van der Waals surface area (Å²) in [4.78, 5) is 6.56. The zero-order chi connectivity index (χ0) is 14.5. The largest absolute Gasteiger partial charge is 0.395 e. The second kappa shape index (κ2) is 6.88. The van der Waals surface area contributed by atoms with Crippen LogP contribution >= 0.6 is 11.3 Å². The molecule has 0 spiro atoms. The highest BCUT2D eigenvalue weighted by atomic mass is 32.1. The number of methoxy groups -OCH3 is 2. The molecule has 0 aliphatic rings. The molecule has 1 aromatic carbocycles. The van der Waals surface area contributed by atoms with E-state index < -0.39 is 0 Å². The van der Waals surface area contributed by atoms with Gasteiger partial charge in [-0.15, -0.1) is 11.3 Å². The summed E-state index contributed by atoms with van der Waals surface area (Å²) in [6, 6.07) is 4.34. The summed E-state index contributed by atoms with van der Waals surface area (Å²) in [5.41, 5.74) is 10.7. The van der Waals surface area contributed by atoms with Gasteiger partial charge in [0.15, 0.2) is 0 Å². The van der Waals surface area contributed by atoms with Gasteiger partial charge < -0.3 is 20.1 Å². The number of benzene rings is 1. The van der Waals surface area contributed by atoms with Crippen molar-refractivity contribution in [3.63, 3.8) is 0 Å². The molecule has 2 rings (SSSR count). The third kappa shape index (κ3) is 3.03. The Balaban J connectivity index is 2.36. The molecule has 0 bridgehead atoms. The number of anilines is 2. The minimum Gasteiger partial charge on any atom is -0.395 e. The average Bonchev–Trinajstić information content (AvgIpc) is 2.91. The van der Waals surface area contributed by atoms with Crippen LogP contribution in [0.4, 0.5) is 11.4 Å². The molecule has 0 amide bonds. The van der Waals surface area contributed by atoms with E-state index in [2.05, 4.69) is 28.9 Å². The van der Waals surface area contributed by atoms with Gasteiger partial charge in [-0.2, -0.15) is 0 Å². The molecular weight excluding hydrogens is 274 g/mol.